The van der Waals surface area contributed by atoms with E-state index >= 15 is 0 Å². The largest absolute Gasteiger partial charge is 0.497 e. The monoisotopic (exact) mass is 286 g/mol. The average molecular weight is 286 g/mol. The van der Waals surface area contributed by atoms with Crippen LogP contribution < -0.4 is 10.1 Å². The number of nitrogens with zero attached hydrogens (tertiary/aromatic N) is 1. The van der Waals surface area contributed by atoms with Crippen LogP contribution in [0.2, 0.25) is 0 Å². The molecule has 2 aromatic rings. The van der Waals surface area contributed by atoms with Gasteiger partial charge in [0.05, 0.1) is 7.11 Å². The Hall–Kier alpha value is -1.74. The van der Waals surface area contributed by atoms with Gasteiger partial charge in [-0.3, -0.25) is 0 Å². The summed E-state index contributed by atoms with van der Waals surface area (Å²) < 4.78 is 7.46. The molecule has 0 saturated heterocycles. The van der Waals surface area contributed by atoms with Crippen molar-refractivity contribution in [3.63, 3.8) is 0 Å². The van der Waals surface area contributed by atoms with E-state index in [1.165, 1.54) is 11.1 Å². The summed E-state index contributed by atoms with van der Waals surface area (Å²) in [7, 11) is 1.70. The molecule has 1 atom stereocenters. The average Bonchev–Trinajstić information content (AvgIpc) is 3.00. The molecule has 2 rings (SSSR count). The van der Waals surface area contributed by atoms with Crippen LogP contribution in [0.3, 0.4) is 0 Å². The van der Waals surface area contributed by atoms with Gasteiger partial charge in [-0.25, -0.2) is 0 Å². The fourth-order valence-electron chi connectivity index (χ4n) is 2.60. The SMILES string of the molecule is CCNC(CC)c1ccn(CCc2ccc(OC)cc2)c1. The minimum atomic E-state index is 0.470. The van der Waals surface area contributed by atoms with Crippen LogP contribution in [-0.2, 0) is 13.0 Å². The maximum atomic E-state index is 5.18. The summed E-state index contributed by atoms with van der Waals surface area (Å²) in [5.41, 5.74) is 2.72. The van der Waals surface area contributed by atoms with E-state index in [0.29, 0.717) is 6.04 Å². The molecule has 1 aromatic carbocycles. The van der Waals surface area contributed by atoms with Crippen LogP contribution in [-0.4, -0.2) is 18.2 Å². The maximum Gasteiger partial charge on any atom is 0.118 e. The first-order valence-electron chi connectivity index (χ1n) is 7.78. The highest BCUT2D eigenvalue weighted by Gasteiger charge is 2.08. The van der Waals surface area contributed by atoms with Crippen LogP contribution in [0, 0.1) is 0 Å². The summed E-state index contributed by atoms with van der Waals surface area (Å²) in [6, 6.07) is 11.0. The third kappa shape index (κ3) is 4.36. The quantitative estimate of drug-likeness (QED) is 0.799. The molecule has 1 heterocycles. The van der Waals surface area contributed by atoms with Crippen molar-refractivity contribution < 1.29 is 4.74 Å². The minimum Gasteiger partial charge on any atom is -0.497 e. The molecule has 3 nitrogen and oxygen atoms in total. The van der Waals surface area contributed by atoms with Crippen LogP contribution in [0.25, 0.3) is 0 Å². The molecule has 1 unspecified atom stereocenters. The second kappa shape index (κ2) is 7.89. The van der Waals surface area contributed by atoms with E-state index in [2.05, 4.69) is 54.3 Å². The van der Waals surface area contributed by atoms with Crippen LogP contribution in [0.5, 0.6) is 5.75 Å². The molecule has 21 heavy (non-hydrogen) atoms. The van der Waals surface area contributed by atoms with Gasteiger partial charge in [-0.1, -0.05) is 26.0 Å². The molecule has 3 heteroatoms. The maximum absolute atomic E-state index is 5.18. The molecule has 0 spiro atoms. The lowest BCUT2D eigenvalue weighted by molar-refractivity contribution is 0.414. The van der Waals surface area contributed by atoms with Gasteiger partial charge in [0.15, 0.2) is 0 Å². The van der Waals surface area contributed by atoms with Crippen molar-refractivity contribution in [1.82, 2.24) is 9.88 Å². The van der Waals surface area contributed by atoms with Gasteiger partial charge in [0.2, 0.25) is 0 Å². The molecule has 0 fully saturated rings. The third-order valence-corrected chi connectivity index (χ3v) is 3.85. The van der Waals surface area contributed by atoms with Crippen molar-refractivity contribution in [2.75, 3.05) is 13.7 Å². The second-order valence-corrected chi connectivity index (χ2v) is 5.30. The van der Waals surface area contributed by atoms with Crippen molar-refractivity contribution in [3.8, 4) is 5.75 Å². The molecule has 0 radical (unpaired) electrons. The molecule has 0 aliphatic heterocycles. The zero-order valence-corrected chi connectivity index (χ0v) is 13.3. The Kier molecular flexibility index (Phi) is 5.88. The van der Waals surface area contributed by atoms with Gasteiger partial charge in [-0.2, -0.15) is 0 Å². The molecule has 1 aromatic heterocycles. The summed E-state index contributed by atoms with van der Waals surface area (Å²) in [5.74, 6) is 0.915. The number of hydrogen-bond acceptors (Lipinski definition) is 2. The number of aryl methyl sites for hydroxylation is 2. The van der Waals surface area contributed by atoms with E-state index in [4.69, 9.17) is 4.74 Å². The predicted octanol–water partition coefficient (Wildman–Crippen LogP) is 3.80. The van der Waals surface area contributed by atoms with Crippen molar-refractivity contribution >= 4 is 0 Å². The Morgan fingerprint density at radius 1 is 1.14 bits per heavy atom. The van der Waals surface area contributed by atoms with E-state index in [0.717, 1.165) is 31.7 Å². The Morgan fingerprint density at radius 3 is 2.52 bits per heavy atom. The zero-order valence-electron chi connectivity index (χ0n) is 13.3. The van der Waals surface area contributed by atoms with Crippen LogP contribution in [0.4, 0.5) is 0 Å². The van der Waals surface area contributed by atoms with E-state index in [1.807, 2.05) is 12.1 Å². The van der Waals surface area contributed by atoms with Crippen LogP contribution >= 0.6 is 0 Å². The third-order valence-electron chi connectivity index (χ3n) is 3.85. The highest BCUT2D eigenvalue weighted by molar-refractivity contribution is 5.27. The first kappa shape index (κ1) is 15.6. The lowest BCUT2D eigenvalue weighted by Crippen LogP contribution is -2.19. The smallest absolute Gasteiger partial charge is 0.118 e. The molecule has 0 amide bonds. The van der Waals surface area contributed by atoms with Gasteiger partial charge in [0.25, 0.3) is 0 Å². The van der Waals surface area contributed by atoms with Gasteiger partial charge in [-0.05, 0) is 48.7 Å². The Bertz CT molecular complexity index is 530. The minimum absolute atomic E-state index is 0.470. The lowest BCUT2D eigenvalue weighted by atomic mass is 10.1. The number of aromatic nitrogens is 1. The first-order chi connectivity index (χ1) is 10.3. The molecule has 0 aliphatic rings. The summed E-state index contributed by atoms with van der Waals surface area (Å²) in [6.45, 7) is 6.40. The van der Waals surface area contributed by atoms with Crippen molar-refractivity contribution in [1.29, 1.82) is 0 Å². The zero-order chi connectivity index (χ0) is 15.1. The number of benzene rings is 1. The number of methoxy groups -OCH3 is 1. The summed E-state index contributed by atoms with van der Waals surface area (Å²) in [6.07, 6.45) is 6.60. The number of ether oxygens (including phenoxy) is 1. The summed E-state index contributed by atoms with van der Waals surface area (Å²) >= 11 is 0. The predicted molar refractivity (Wildman–Crippen MR) is 87.8 cm³/mol. The first-order valence-corrected chi connectivity index (χ1v) is 7.78. The molecular formula is C18H26N2O. The normalized spacial score (nSPS) is 12.3. The number of hydrogen-bond donors (Lipinski definition) is 1. The Labute approximate surface area is 127 Å². The van der Waals surface area contributed by atoms with E-state index < -0.39 is 0 Å². The van der Waals surface area contributed by atoms with Crippen LogP contribution in [0.15, 0.2) is 42.7 Å². The van der Waals surface area contributed by atoms with E-state index in [1.54, 1.807) is 7.11 Å². The molecule has 0 saturated carbocycles. The van der Waals surface area contributed by atoms with Gasteiger partial charge in [0, 0.05) is 25.0 Å². The Morgan fingerprint density at radius 2 is 1.90 bits per heavy atom. The summed E-state index contributed by atoms with van der Waals surface area (Å²) in [4.78, 5) is 0. The molecular weight excluding hydrogens is 260 g/mol. The van der Waals surface area contributed by atoms with E-state index in [-0.39, 0.29) is 0 Å². The molecule has 1 N–H and O–H groups in total. The topological polar surface area (TPSA) is 26.2 Å². The molecule has 0 aliphatic carbocycles. The Balaban J connectivity index is 1.92. The van der Waals surface area contributed by atoms with Gasteiger partial charge >= 0.3 is 0 Å². The number of rotatable bonds is 8. The highest BCUT2D eigenvalue weighted by atomic mass is 16.5. The van der Waals surface area contributed by atoms with Crippen molar-refractivity contribution in [2.24, 2.45) is 0 Å². The molecule has 114 valence electrons. The van der Waals surface area contributed by atoms with Crippen molar-refractivity contribution in [2.45, 2.75) is 39.3 Å². The fourth-order valence-corrected chi connectivity index (χ4v) is 2.60. The standard InChI is InChI=1S/C18H26N2O/c1-4-18(19-5-2)16-11-13-20(14-16)12-10-15-6-8-17(21-3)9-7-15/h6-9,11,13-14,18-19H,4-5,10,12H2,1-3H3. The van der Waals surface area contributed by atoms with Crippen molar-refractivity contribution in [3.05, 3.63) is 53.9 Å². The highest BCUT2D eigenvalue weighted by Crippen LogP contribution is 2.17. The fraction of sp³-hybridized carbons (Fsp3) is 0.444. The number of nitrogens with one attached hydrogen (secondary N) is 1. The van der Waals surface area contributed by atoms with Gasteiger partial charge in [0.1, 0.15) is 5.75 Å². The van der Waals surface area contributed by atoms with E-state index in [9.17, 15) is 0 Å². The van der Waals surface area contributed by atoms with Gasteiger partial charge in [-0.15, -0.1) is 0 Å². The summed E-state index contributed by atoms with van der Waals surface area (Å²) in [5, 5.41) is 3.52. The van der Waals surface area contributed by atoms with Crippen LogP contribution in [0.1, 0.15) is 37.4 Å². The lowest BCUT2D eigenvalue weighted by Gasteiger charge is -2.14. The molecule has 0 bridgehead atoms. The van der Waals surface area contributed by atoms with Gasteiger partial charge < -0.3 is 14.6 Å². The second-order valence-electron chi connectivity index (χ2n) is 5.30.